The van der Waals surface area contributed by atoms with Crippen molar-refractivity contribution in [2.75, 3.05) is 46.4 Å². The molecule has 6 nitrogen and oxygen atoms in total. The van der Waals surface area contributed by atoms with Crippen LogP contribution in [0.4, 0.5) is 0 Å². The Balaban J connectivity index is 1.43. The number of amides is 2. The zero-order valence-electron chi connectivity index (χ0n) is 20.7. The van der Waals surface area contributed by atoms with E-state index < -0.39 is 5.91 Å². The highest BCUT2D eigenvalue weighted by atomic mass is 35.5. The summed E-state index contributed by atoms with van der Waals surface area (Å²) in [6.45, 7) is 4.85. The highest BCUT2D eigenvalue weighted by Gasteiger charge is 2.27. The maximum Gasteiger partial charge on any atom is 0.253 e. The number of hydrogen-bond acceptors (Lipinski definition) is 4. The van der Waals surface area contributed by atoms with Gasteiger partial charge in [-0.2, -0.15) is 0 Å². The largest absolute Gasteiger partial charge is 0.385 e. The van der Waals surface area contributed by atoms with Gasteiger partial charge >= 0.3 is 0 Å². The predicted molar refractivity (Wildman–Crippen MR) is 147 cm³/mol. The number of halogens is 2. The first kappa shape index (κ1) is 25.7. The van der Waals surface area contributed by atoms with Gasteiger partial charge in [0.2, 0.25) is 5.91 Å². The van der Waals surface area contributed by atoms with Gasteiger partial charge in [0.1, 0.15) is 0 Å². The van der Waals surface area contributed by atoms with Crippen molar-refractivity contribution in [3.63, 3.8) is 0 Å². The molecule has 1 aliphatic heterocycles. The second-order valence-corrected chi connectivity index (χ2v) is 10.4. The van der Waals surface area contributed by atoms with Gasteiger partial charge in [-0.15, -0.1) is 0 Å². The van der Waals surface area contributed by atoms with Crippen molar-refractivity contribution in [1.82, 2.24) is 9.80 Å². The maximum atomic E-state index is 13.4. The molecule has 2 N–H and O–H groups in total. The Morgan fingerprint density at radius 2 is 1.70 bits per heavy atom. The third kappa shape index (κ3) is 5.25. The van der Waals surface area contributed by atoms with Crippen LogP contribution < -0.4 is 5.73 Å². The van der Waals surface area contributed by atoms with Crippen LogP contribution in [0.15, 0.2) is 48.5 Å². The summed E-state index contributed by atoms with van der Waals surface area (Å²) in [5.74, 6) is -0.450. The van der Waals surface area contributed by atoms with E-state index in [4.69, 9.17) is 33.7 Å². The van der Waals surface area contributed by atoms with Crippen molar-refractivity contribution in [3.8, 4) is 22.3 Å². The maximum absolute atomic E-state index is 13.4. The molecule has 0 aromatic heterocycles. The van der Waals surface area contributed by atoms with Gasteiger partial charge in [0.15, 0.2) is 0 Å². The molecule has 5 rings (SSSR count). The normalized spacial score (nSPS) is 14.9. The number of primary amides is 1. The van der Waals surface area contributed by atoms with Crippen molar-refractivity contribution >= 4 is 35.0 Å². The standard InChI is InChI=1S/C29H29Cl2N3O3/c1-37-12-2-7-33-8-10-34(11-9-33)29(36)20-4-3-19-13-24-23(22(19)14-20)15-21(16-25(24)28(32)35)18-5-6-26(30)27(31)17-18/h3-6,14-17H,2,7-13H2,1H3,(H2,32,35). The summed E-state index contributed by atoms with van der Waals surface area (Å²) in [4.78, 5) is 30.1. The van der Waals surface area contributed by atoms with Crippen LogP contribution in [0.3, 0.4) is 0 Å². The average Bonchev–Trinajstić information content (AvgIpc) is 3.27. The smallest absolute Gasteiger partial charge is 0.253 e. The second-order valence-electron chi connectivity index (χ2n) is 9.57. The molecule has 0 bridgehead atoms. The summed E-state index contributed by atoms with van der Waals surface area (Å²) < 4.78 is 5.15. The van der Waals surface area contributed by atoms with E-state index >= 15 is 0 Å². The van der Waals surface area contributed by atoms with E-state index in [9.17, 15) is 9.59 Å². The zero-order valence-corrected chi connectivity index (χ0v) is 22.2. The molecule has 1 aliphatic carbocycles. The first-order chi connectivity index (χ1) is 17.9. The fraction of sp³-hybridized carbons (Fsp3) is 0.310. The van der Waals surface area contributed by atoms with E-state index in [0.29, 0.717) is 40.7 Å². The molecule has 2 amide bonds. The minimum atomic E-state index is -0.481. The summed E-state index contributed by atoms with van der Waals surface area (Å²) in [7, 11) is 1.72. The number of carbonyl (C=O) groups is 2. The molecule has 0 radical (unpaired) electrons. The highest BCUT2D eigenvalue weighted by Crippen LogP contribution is 2.42. The molecule has 3 aromatic carbocycles. The number of fused-ring (bicyclic) bond motifs is 3. The molecule has 1 fully saturated rings. The van der Waals surface area contributed by atoms with Crippen molar-refractivity contribution < 1.29 is 14.3 Å². The number of benzene rings is 3. The number of nitrogens with zero attached hydrogens (tertiary/aromatic N) is 2. The van der Waals surface area contributed by atoms with Gasteiger partial charge in [0, 0.05) is 57.6 Å². The molecule has 0 spiro atoms. The third-order valence-corrected chi connectivity index (χ3v) is 8.00. The molecule has 2 aliphatic rings. The Morgan fingerprint density at radius 1 is 0.919 bits per heavy atom. The topological polar surface area (TPSA) is 75.9 Å². The number of piperazine rings is 1. The van der Waals surface area contributed by atoms with Crippen LogP contribution in [0.2, 0.25) is 10.0 Å². The van der Waals surface area contributed by atoms with E-state index in [1.165, 1.54) is 0 Å². The van der Waals surface area contributed by atoms with Crippen molar-refractivity contribution in [2.45, 2.75) is 12.8 Å². The Morgan fingerprint density at radius 3 is 2.41 bits per heavy atom. The number of ether oxygens (including phenoxy) is 1. The molecule has 1 heterocycles. The summed E-state index contributed by atoms with van der Waals surface area (Å²) in [6.07, 6.45) is 1.59. The Labute approximate surface area is 226 Å². The fourth-order valence-corrected chi connectivity index (χ4v) is 5.56. The van der Waals surface area contributed by atoms with Gasteiger partial charge in [0.05, 0.1) is 10.0 Å². The lowest BCUT2D eigenvalue weighted by atomic mass is 9.93. The van der Waals surface area contributed by atoms with Crippen LogP contribution in [0.25, 0.3) is 22.3 Å². The van der Waals surface area contributed by atoms with Crippen LogP contribution in [-0.4, -0.2) is 68.1 Å². The Kier molecular flexibility index (Phi) is 7.54. The molecule has 1 saturated heterocycles. The van der Waals surface area contributed by atoms with Gasteiger partial charge in [-0.1, -0.05) is 35.3 Å². The molecule has 3 aromatic rings. The Bertz CT molecular complexity index is 1370. The van der Waals surface area contributed by atoms with Gasteiger partial charge in [-0.25, -0.2) is 0 Å². The number of carbonyl (C=O) groups excluding carboxylic acids is 2. The zero-order chi connectivity index (χ0) is 26.1. The summed E-state index contributed by atoms with van der Waals surface area (Å²) >= 11 is 12.4. The van der Waals surface area contributed by atoms with E-state index in [1.54, 1.807) is 19.2 Å². The van der Waals surface area contributed by atoms with Gasteiger partial charge in [0.25, 0.3) is 5.91 Å². The Hall–Kier alpha value is -2.90. The van der Waals surface area contributed by atoms with Crippen LogP contribution in [-0.2, 0) is 11.2 Å². The second kappa shape index (κ2) is 10.8. The van der Waals surface area contributed by atoms with E-state index in [0.717, 1.165) is 66.0 Å². The van der Waals surface area contributed by atoms with Crippen LogP contribution in [0.1, 0.15) is 38.3 Å². The van der Waals surface area contributed by atoms with Gasteiger partial charge < -0.3 is 15.4 Å². The number of methoxy groups -OCH3 is 1. The predicted octanol–water partition coefficient (Wildman–Crippen LogP) is 5.12. The minimum Gasteiger partial charge on any atom is -0.385 e. The molecular weight excluding hydrogens is 509 g/mol. The summed E-state index contributed by atoms with van der Waals surface area (Å²) in [5.41, 5.74) is 12.4. The third-order valence-electron chi connectivity index (χ3n) is 7.26. The quantitative estimate of drug-likeness (QED) is 0.332. The lowest BCUT2D eigenvalue weighted by Crippen LogP contribution is -2.48. The van der Waals surface area contributed by atoms with Gasteiger partial charge in [-0.05, 0) is 82.6 Å². The fourth-order valence-electron chi connectivity index (χ4n) is 5.26. The van der Waals surface area contributed by atoms with E-state index in [-0.39, 0.29) is 5.91 Å². The summed E-state index contributed by atoms with van der Waals surface area (Å²) in [5, 5.41) is 0.901. The van der Waals surface area contributed by atoms with Crippen molar-refractivity contribution in [1.29, 1.82) is 0 Å². The van der Waals surface area contributed by atoms with Gasteiger partial charge in [-0.3, -0.25) is 14.5 Å². The van der Waals surface area contributed by atoms with E-state index in [1.807, 2.05) is 41.3 Å². The molecular formula is C29H29Cl2N3O3. The highest BCUT2D eigenvalue weighted by molar-refractivity contribution is 6.42. The molecule has 192 valence electrons. The van der Waals surface area contributed by atoms with E-state index in [2.05, 4.69) is 4.90 Å². The van der Waals surface area contributed by atoms with Crippen LogP contribution in [0.5, 0.6) is 0 Å². The number of hydrogen-bond donors (Lipinski definition) is 1. The van der Waals surface area contributed by atoms with Crippen LogP contribution >= 0.6 is 23.2 Å². The first-order valence-corrected chi connectivity index (χ1v) is 13.2. The molecule has 0 unspecified atom stereocenters. The first-order valence-electron chi connectivity index (χ1n) is 12.4. The number of rotatable bonds is 7. The molecule has 0 atom stereocenters. The monoisotopic (exact) mass is 537 g/mol. The molecule has 0 saturated carbocycles. The van der Waals surface area contributed by atoms with Crippen LogP contribution in [0, 0.1) is 0 Å². The molecule has 8 heteroatoms. The average molecular weight is 538 g/mol. The lowest BCUT2D eigenvalue weighted by Gasteiger charge is -2.34. The SMILES string of the molecule is COCCCN1CCN(C(=O)c2ccc3c(c2)-c2cc(-c4ccc(Cl)c(Cl)c4)cc(C(N)=O)c2C3)CC1. The number of nitrogens with two attached hydrogens (primary N) is 1. The van der Waals surface area contributed by atoms with Crippen molar-refractivity contribution in [2.24, 2.45) is 5.73 Å². The summed E-state index contributed by atoms with van der Waals surface area (Å²) in [6, 6.07) is 15.1. The van der Waals surface area contributed by atoms with Crippen molar-refractivity contribution in [3.05, 3.63) is 80.8 Å². The minimum absolute atomic E-state index is 0.0311. The lowest BCUT2D eigenvalue weighted by molar-refractivity contribution is 0.0624. The molecule has 37 heavy (non-hydrogen) atoms.